The summed E-state index contributed by atoms with van der Waals surface area (Å²) in [6.07, 6.45) is 6.52. The number of carbonyl (C=O) groups is 1. The fourth-order valence-corrected chi connectivity index (χ4v) is 2.03. The fraction of sp³-hybridized carbons (Fsp3) is 0.267. The summed E-state index contributed by atoms with van der Waals surface area (Å²) in [7, 11) is 1.98. The van der Waals surface area contributed by atoms with E-state index < -0.39 is 5.97 Å². The number of hydrogen-bond acceptors (Lipinski definition) is 2. The van der Waals surface area contributed by atoms with Crippen LogP contribution in [0.15, 0.2) is 36.9 Å². The van der Waals surface area contributed by atoms with E-state index in [9.17, 15) is 4.79 Å². The molecule has 1 N–H and O–H groups in total. The number of hydrogen-bond donors (Lipinski definition) is 1. The van der Waals surface area contributed by atoms with Crippen LogP contribution >= 0.6 is 11.6 Å². The minimum absolute atomic E-state index is 0.619. The third-order valence-electron chi connectivity index (χ3n) is 2.70. The van der Waals surface area contributed by atoms with Crippen molar-refractivity contribution in [2.24, 2.45) is 0 Å². The quantitative estimate of drug-likeness (QED) is 0.468. The van der Waals surface area contributed by atoms with Gasteiger partial charge in [-0.05, 0) is 36.6 Å². The molecule has 0 fully saturated rings. The maximum atomic E-state index is 10.4. The second-order valence-corrected chi connectivity index (χ2v) is 4.64. The number of unbranched alkanes of at least 4 members (excludes halogenated alkanes) is 1. The number of anilines is 1. The maximum Gasteiger partial charge on any atom is 0.328 e. The van der Waals surface area contributed by atoms with Crippen molar-refractivity contribution in [2.75, 3.05) is 18.5 Å². The number of allylic oxidation sites excluding steroid dienone is 1. The second kappa shape index (κ2) is 7.64. The highest BCUT2D eigenvalue weighted by Gasteiger charge is 2.05. The number of nitrogens with zero attached hydrogens (tertiary/aromatic N) is 1. The van der Waals surface area contributed by atoms with Gasteiger partial charge >= 0.3 is 5.97 Å². The Morgan fingerprint density at radius 2 is 2.26 bits per heavy atom. The molecule has 0 aliphatic heterocycles. The first-order chi connectivity index (χ1) is 9.04. The van der Waals surface area contributed by atoms with E-state index in [1.165, 1.54) is 6.08 Å². The standard InChI is InChI=1S/C15H18ClNO2/c1-3-4-5-10-17(2)14-8-6-12(11-13(14)16)7-9-15(18)19/h3,6-9,11H,1,4-5,10H2,2H3,(H,18,19)/b9-7+. The molecule has 0 aliphatic rings. The minimum Gasteiger partial charge on any atom is -0.478 e. The molecule has 0 heterocycles. The van der Waals surface area contributed by atoms with Gasteiger partial charge in [0.05, 0.1) is 10.7 Å². The summed E-state index contributed by atoms with van der Waals surface area (Å²) < 4.78 is 0. The van der Waals surface area contributed by atoms with E-state index in [1.807, 2.05) is 25.3 Å². The molecule has 0 aromatic heterocycles. The van der Waals surface area contributed by atoms with Gasteiger partial charge in [-0.3, -0.25) is 0 Å². The van der Waals surface area contributed by atoms with Crippen LogP contribution in [0.25, 0.3) is 6.08 Å². The van der Waals surface area contributed by atoms with Crippen LogP contribution in [0.3, 0.4) is 0 Å². The first-order valence-electron chi connectivity index (χ1n) is 6.07. The molecule has 1 aromatic rings. The van der Waals surface area contributed by atoms with Crippen molar-refractivity contribution in [2.45, 2.75) is 12.8 Å². The SMILES string of the molecule is C=CCCCN(C)c1ccc(/C=C/C(=O)O)cc1Cl. The molecular formula is C15H18ClNO2. The molecule has 0 amide bonds. The Morgan fingerprint density at radius 1 is 1.53 bits per heavy atom. The Labute approximate surface area is 118 Å². The van der Waals surface area contributed by atoms with E-state index in [1.54, 1.807) is 6.07 Å². The van der Waals surface area contributed by atoms with E-state index in [0.717, 1.165) is 36.7 Å². The van der Waals surface area contributed by atoms with Gasteiger partial charge in [-0.1, -0.05) is 23.7 Å². The predicted octanol–water partition coefficient (Wildman–Crippen LogP) is 3.84. The Balaban J connectivity index is 2.76. The van der Waals surface area contributed by atoms with Crippen molar-refractivity contribution < 1.29 is 9.90 Å². The van der Waals surface area contributed by atoms with Gasteiger partial charge in [0.1, 0.15) is 0 Å². The van der Waals surface area contributed by atoms with Gasteiger partial charge < -0.3 is 10.0 Å². The van der Waals surface area contributed by atoms with Gasteiger partial charge in [0, 0.05) is 19.7 Å². The lowest BCUT2D eigenvalue weighted by molar-refractivity contribution is -0.131. The summed E-state index contributed by atoms with van der Waals surface area (Å²) in [5.41, 5.74) is 1.72. The van der Waals surface area contributed by atoms with E-state index in [2.05, 4.69) is 11.5 Å². The molecule has 0 saturated carbocycles. The van der Waals surface area contributed by atoms with Crippen LogP contribution < -0.4 is 4.90 Å². The predicted molar refractivity (Wildman–Crippen MR) is 80.8 cm³/mol. The van der Waals surface area contributed by atoms with Crippen LogP contribution in [0.1, 0.15) is 18.4 Å². The zero-order chi connectivity index (χ0) is 14.3. The van der Waals surface area contributed by atoms with Crippen molar-refractivity contribution in [3.8, 4) is 0 Å². The Hall–Kier alpha value is -1.74. The highest BCUT2D eigenvalue weighted by atomic mass is 35.5. The van der Waals surface area contributed by atoms with Crippen LogP contribution in [0.5, 0.6) is 0 Å². The summed E-state index contributed by atoms with van der Waals surface area (Å²) >= 11 is 6.21. The van der Waals surface area contributed by atoms with Crippen molar-refractivity contribution in [3.05, 3.63) is 47.5 Å². The Morgan fingerprint density at radius 3 is 2.84 bits per heavy atom. The van der Waals surface area contributed by atoms with Crippen LogP contribution in [0, 0.1) is 0 Å². The highest BCUT2D eigenvalue weighted by Crippen LogP contribution is 2.26. The second-order valence-electron chi connectivity index (χ2n) is 4.23. The average molecular weight is 280 g/mol. The number of benzene rings is 1. The molecule has 0 bridgehead atoms. The lowest BCUT2D eigenvalue weighted by Crippen LogP contribution is -2.18. The van der Waals surface area contributed by atoms with Gasteiger partial charge in [-0.2, -0.15) is 0 Å². The number of aliphatic carboxylic acids is 1. The molecular weight excluding hydrogens is 262 g/mol. The first kappa shape index (κ1) is 15.3. The third kappa shape index (κ3) is 5.18. The minimum atomic E-state index is -0.971. The summed E-state index contributed by atoms with van der Waals surface area (Å²) in [6, 6.07) is 5.52. The normalized spacial score (nSPS) is 10.6. The Kier molecular flexibility index (Phi) is 6.16. The Bertz CT molecular complexity index is 483. The monoisotopic (exact) mass is 279 g/mol. The molecule has 0 aliphatic carbocycles. The van der Waals surface area contributed by atoms with E-state index in [-0.39, 0.29) is 0 Å². The van der Waals surface area contributed by atoms with E-state index in [0.29, 0.717) is 5.02 Å². The zero-order valence-corrected chi connectivity index (χ0v) is 11.7. The van der Waals surface area contributed by atoms with E-state index >= 15 is 0 Å². The molecule has 0 atom stereocenters. The van der Waals surface area contributed by atoms with Gasteiger partial charge in [-0.15, -0.1) is 6.58 Å². The summed E-state index contributed by atoms with van der Waals surface area (Å²) in [6.45, 7) is 4.59. The van der Waals surface area contributed by atoms with Gasteiger partial charge in [0.15, 0.2) is 0 Å². The number of carboxylic acid groups (broad SMARTS) is 1. The fourth-order valence-electron chi connectivity index (χ4n) is 1.70. The zero-order valence-electron chi connectivity index (χ0n) is 11.0. The van der Waals surface area contributed by atoms with Crippen LogP contribution in [0.4, 0.5) is 5.69 Å². The highest BCUT2D eigenvalue weighted by molar-refractivity contribution is 6.33. The van der Waals surface area contributed by atoms with Gasteiger partial charge in [0.25, 0.3) is 0 Å². The largest absolute Gasteiger partial charge is 0.478 e. The van der Waals surface area contributed by atoms with Gasteiger partial charge in [0.2, 0.25) is 0 Å². The first-order valence-corrected chi connectivity index (χ1v) is 6.45. The van der Waals surface area contributed by atoms with E-state index in [4.69, 9.17) is 16.7 Å². The van der Waals surface area contributed by atoms with Crippen LogP contribution in [-0.4, -0.2) is 24.7 Å². The summed E-state index contributed by atoms with van der Waals surface area (Å²) in [4.78, 5) is 12.5. The van der Waals surface area contributed by atoms with Crippen molar-refractivity contribution in [1.29, 1.82) is 0 Å². The van der Waals surface area contributed by atoms with Crippen molar-refractivity contribution >= 4 is 29.3 Å². The number of carboxylic acids is 1. The molecule has 1 rings (SSSR count). The topological polar surface area (TPSA) is 40.5 Å². The molecule has 0 saturated heterocycles. The maximum absolute atomic E-state index is 10.4. The third-order valence-corrected chi connectivity index (χ3v) is 3.01. The average Bonchev–Trinajstić information content (AvgIpc) is 2.36. The lowest BCUT2D eigenvalue weighted by Gasteiger charge is -2.20. The number of rotatable bonds is 7. The molecule has 0 radical (unpaired) electrons. The van der Waals surface area contributed by atoms with Gasteiger partial charge in [-0.25, -0.2) is 4.79 Å². The molecule has 4 heteroatoms. The molecule has 102 valence electrons. The molecule has 0 unspecified atom stereocenters. The van der Waals surface area contributed by atoms with Crippen molar-refractivity contribution in [3.63, 3.8) is 0 Å². The molecule has 1 aromatic carbocycles. The van der Waals surface area contributed by atoms with Crippen LogP contribution in [0.2, 0.25) is 5.02 Å². The summed E-state index contributed by atoms with van der Waals surface area (Å²) in [5, 5.41) is 9.19. The van der Waals surface area contributed by atoms with Crippen molar-refractivity contribution in [1.82, 2.24) is 0 Å². The lowest BCUT2D eigenvalue weighted by atomic mass is 10.1. The molecule has 3 nitrogen and oxygen atoms in total. The summed E-state index contributed by atoms with van der Waals surface area (Å²) in [5.74, 6) is -0.971. The number of halogens is 1. The molecule has 19 heavy (non-hydrogen) atoms. The smallest absolute Gasteiger partial charge is 0.328 e. The van der Waals surface area contributed by atoms with Crippen LogP contribution in [-0.2, 0) is 4.79 Å². The molecule has 0 spiro atoms.